The molecule has 3 heterocycles. The van der Waals surface area contributed by atoms with E-state index in [9.17, 15) is 9.18 Å². The Kier molecular flexibility index (Phi) is 5.21. The van der Waals surface area contributed by atoms with E-state index < -0.39 is 5.82 Å². The van der Waals surface area contributed by atoms with Gasteiger partial charge >= 0.3 is 0 Å². The van der Waals surface area contributed by atoms with Crippen LogP contribution in [-0.2, 0) is 0 Å². The summed E-state index contributed by atoms with van der Waals surface area (Å²) in [4.78, 5) is 25.8. The number of benzene rings is 1. The Hall–Kier alpha value is -3.00. The molecule has 1 aromatic carbocycles. The Morgan fingerprint density at radius 2 is 2.07 bits per heavy atom. The van der Waals surface area contributed by atoms with Crippen molar-refractivity contribution in [3.63, 3.8) is 0 Å². The molecule has 0 saturated carbocycles. The van der Waals surface area contributed by atoms with Gasteiger partial charge in [0.05, 0.1) is 4.88 Å². The number of piperazine rings is 1. The summed E-state index contributed by atoms with van der Waals surface area (Å²) >= 11 is 1.46. The van der Waals surface area contributed by atoms with Crippen molar-refractivity contribution in [2.75, 3.05) is 24.5 Å². The number of hydrogen-bond donors (Lipinski definition) is 0. The summed E-state index contributed by atoms with van der Waals surface area (Å²) in [5.41, 5.74) is 0. The summed E-state index contributed by atoms with van der Waals surface area (Å²) in [5.74, 6) is 0.702. The third-order valence-corrected chi connectivity index (χ3v) is 5.48. The number of hydrogen-bond acceptors (Lipinski definition) is 6. The minimum atomic E-state index is -0.447. The molecule has 1 amide bonds. The molecule has 1 aliphatic heterocycles. The first-order valence-electron chi connectivity index (χ1n) is 8.95. The second-order valence-corrected chi connectivity index (χ2v) is 7.47. The smallest absolute Gasteiger partial charge is 0.264 e. The van der Waals surface area contributed by atoms with E-state index >= 15 is 0 Å². The second kappa shape index (κ2) is 7.93. The fourth-order valence-corrected chi connectivity index (χ4v) is 3.89. The number of carbonyl (C=O) groups is 1. The van der Waals surface area contributed by atoms with Gasteiger partial charge in [-0.05, 0) is 30.5 Å². The van der Waals surface area contributed by atoms with E-state index in [1.807, 2.05) is 29.3 Å². The van der Waals surface area contributed by atoms with Gasteiger partial charge < -0.3 is 14.5 Å². The van der Waals surface area contributed by atoms with Crippen LogP contribution in [0.5, 0.6) is 11.6 Å². The van der Waals surface area contributed by atoms with Gasteiger partial charge in [-0.15, -0.1) is 11.3 Å². The Morgan fingerprint density at radius 3 is 2.82 bits per heavy atom. The van der Waals surface area contributed by atoms with Crippen LogP contribution in [0.1, 0.15) is 16.6 Å². The van der Waals surface area contributed by atoms with Crippen LogP contribution in [0.4, 0.5) is 10.2 Å². The highest BCUT2D eigenvalue weighted by Crippen LogP contribution is 2.26. The summed E-state index contributed by atoms with van der Waals surface area (Å²) in [6.07, 6.45) is 1.40. The van der Waals surface area contributed by atoms with Crippen LogP contribution in [0.2, 0.25) is 0 Å². The summed E-state index contributed by atoms with van der Waals surface area (Å²) in [7, 11) is 0. The number of halogens is 1. The summed E-state index contributed by atoms with van der Waals surface area (Å²) in [6.45, 7) is 3.92. The fraction of sp³-hybridized carbons (Fsp3) is 0.250. The first kappa shape index (κ1) is 18.4. The maximum Gasteiger partial charge on any atom is 0.264 e. The highest BCUT2D eigenvalue weighted by molar-refractivity contribution is 7.12. The topological polar surface area (TPSA) is 58.6 Å². The zero-order chi connectivity index (χ0) is 19.5. The number of aromatic nitrogens is 2. The predicted molar refractivity (Wildman–Crippen MR) is 106 cm³/mol. The number of thiophene rings is 1. The monoisotopic (exact) mass is 398 g/mol. The molecule has 28 heavy (non-hydrogen) atoms. The van der Waals surface area contributed by atoms with Gasteiger partial charge in [0, 0.05) is 31.7 Å². The molecular weight excluding hydrogens is 379 g/mol. The van der Waals surface area contributed by atoms with E-state index in [1.165, 1.54) is 23.7 Å². The van der Waals surface area contributed by atoms with E-state index in [2.05, 4.69) is 14.9 Å². The average molecular weight is 398 g/mol. The lowest BCUT2D eigenvalue weighted by atomic mass is 10.2. The van der Waals surface area contributed by atoms with Gasteiger partial charge in [0.1, 0.15) is 12.1 Å². The SMILES string of the molecule is C[C@H]1CN(c2cc(Oc3ccccc3F)ncn2)CCN1C(=O)c1cccs1. The molecule has 0 radical (unpaired) electrons. The third kappa shape index (κ3) is 3.82. The summed E-state index contributed by atoms with van der Waals surface area (Å²) in [6, 6.07) is 11.7. The zero-order valence-electron chi connectivity index (χ0n) is 15.3. The first-order chi connectivity index (χ1) is 13.6. The number of anilines is 1. The van der Waals surface area contributed by atoms with E-state index in [0.717, 1.165) is 4.88 Å². The second-order valence-electron chi connectivity index (χ2n) is 6.52. The van der Waals surface area contributed by atoms with E-state index in [0.29, 0.717) is 25.5 Å². The highest BCUT2D eigenvalue weighted by Gasteiger charge is 2.29. The third-order valence-electron chi connectivity index (χ3n) is 4.62. The highest BCUT2D eigenvalue weighted by atomic mass is 32.1. The van der Waals surface area contributed by atoms with Crippen LogP contribution in [0, 0.1) is 5.82 Å². The lowest BCUT2D eigenvalue weighted by Crippen LogP contribution is -2.54. The molecule has 0 N–H and O–H groups in total. The van der Waals surface area contributed by atoms with Crippen molar-refractivity contribution >= 4 is 23.1 Å². The largest absolute Gasteiger partial charge is 0.436 e. The van der Waals surface area contributed by atoms with Crippen LogP contribution < -0.4 is 9.64 Å². The van der Waals surface area contributed by atoms with Crippen molar-refractivity contribution in [1.82, 2.24) is 14.9 Å². The Bertz CT molecular complexity index is 966. The van der Waals surface area contributed by atoms with E-state index in [4.69, 9.17) is 4.74 Å². The van der Waals surface area contributed by atoms with Gasteiger partial charge in [0.25, 0.3) is 5.91 Å². The number of rotatable bonds is 4. The molecule has 1 fully saturated rings. The number of amides is 1. The molecule has 1 atom stereocenters. The molecule has 4 rings (SSSR count). The molecule has 8 heteroatoms. The number of nitrogens with zero attached hydrogens (tertiary/aromatic N) is 4. The van der Waals surface area contributed by atoms with Gasteiger partial charge in [-0.1, -0.05) is 18.2 Å². The lowest BCUT2D eigenvalue weighted by molar-refractivity contribution is 0.0678. The zero-order valence-corrected chi connectivity index (χ0v) is 16.1. The van der Waals surface area contributed by atoms with E-state index in [-0.39, 0.29) is 23.6 Å². The lowest BCUT2D eigenvalue weighted by Gasteiger charge is -2.40. The molecule has 1 saturated heterocycles. The van der Waals surface area contributed by atoms with Gasteiger partial charge in [-0.25, -0.2) is 14.4 Å². The molecule has 3 aromatic rings. The molecule has 144 valence electrons. The molecule has 0 aliphatic carbocycles. The van der Waals surface area contributed by atoms with Crippen molar-refractivity contribution in [3.05, 3.63) is 64.9 Å². The van der Waals surface area contributed by atoms with Gasteiger partial charge in [0.2, 0.25) is 5.88 Å². The minimum Gasteiger partial charge on any atom is -0.436 e. The Labute approximate surface area is 166 Å². The molecule has 1 aliphatic rings. The Morgan fingerprint density at radius 1 is 1.21 bits per heavy atom. The minimum absolute atomic E-state index is 0.0363. The summed E-state index contributed by atoms with van der Waals surface area (Å²) < 4.78 is 19.4. The van der Waals surface area contributed by atoms with Gasteiger partial charge in [-0.3, -0.25) is 4.79 Å². The molecule has 2 aromatic heterocycles. The van der Waals surface area contributed by atoms with Crippen LogP contribution in [0.25, 0.3) is 0 Å². The number of ether oxygens (including phenoxy) is 1. The first-order valence-corrected chi connectivity index (χ1v) is 9.83. The maximum absolute atomic E-state index is 13.8. The summed E-state index contributed by atoms with van der Waals surface area (Å²) in [5, 5.41) is 1.91. The normalized spacial score (nSPS) is 16.9. The predicted octanol–water partition coefficient (Wildman–Crippen LogP) is 3.82. The van der Waals surface area contributed by atoms with Gasteiger partial charge in [-0.2, -0.15) is 0 Å². The number of para-hydroxylation sites is 1. The quantitative estimate of drug-likeness (QED) is 0.669. The van der Waals surface area contributed by atoms with Crippen molar-refractivity contribution in [2.24, 2.45) is 0 Å². The van der Waals surface area contributed by atoms with Gasteiger partial charge in [0.15, 0.2) is 11.6 Å². The average Bonchev–Trinajstić information content (AvgIpc) is 3.24. The molecule has 6 nitrogen and oxygen atoms in total. The molecule has 0 bridgehead atoms. The van der Waals surface area contributed by atoms with Crippen molar-refractivity contribution in [1.29, 1.82) is 0 Å². The molecule has 0 unspecified atom stereocenters. The molecular formula is C20H19FN4O2S. The Balaban J connectivity index is 1.46. The van der Waals surface area contributed by atoms with Crippen molar-refractivity contribution in [3.8, 4) is 11.6 Å². The van der Waals surface area contributed by atoms with Crippen LogP contribution in [0.15, 0.2) is 54.2 Å². The van der Waals surface area contributed by atoms with Crippen molar-refractivity contribution in [2.45, 2.75) is 13.0 Å². The fourth-order valence-electron chi connectivity index (χ4n) is 3.21. The standard InChI is InChI=1S/C20H19FN4O2S/c1-14-12-24(8-9-25(14)20(26)17-7-4-10-28-17)18-11-19(23-13-22-18)27-16-6-3-2-5-15(16)21/h2-7,10-11,13-14H,8-9,12H2,1H3/t14-/m0/s1. The van der Waals surface area contributed by atoms with E-state index in [1.54, 1.807) is 24.3 Å². The van der Waals surface area contributed by atoms with Crippen LogP contribution in [-0.4, -0.2) is 46.5 Å². The van der Waals surface area contributed by atoms with Crippen molar-refractivity contribution < 1.29 is 13.9 Å². The maximum atomic E-state index is 13.8. The number of carbonyl (C=O) groups excluding carboxylic acids is 1. The molecule has 0 spiro atoms. The van der Waals surface area contributed by atoms with Crippen LogP contribution >= 0.6 is 11.3 Å². The van der Waals surface area contributed by atoms with Crippen LogP contribution in [0.3, 0.4) is 0 Å².